The van der Waals surface area contributed by atoms with Crippen molar-refractivity contribution in [2.75, 3.05) is 26.2 Å². The molecule has 0 saturated carbocycles. The molecule has 4 N–H and O–H groups in total. The number of benzene rings is 1. The quantitative estimate of drug-likeness (QED) is 0.734. The number of aromatic amines is 1. The van der Waals surface area contributed by atoms with Crippen LogP contribution in [0.3, 0.4) is 0 Å². The van der Waals surface area contributed by atoms with Crippen LogP contribution in [0.5, 0.6) is 0 Å². The predicted octanol–water partition coefficient (Wildman–Crippen LogP) is 0.960. The average Bonchev–Trinajstić information content (AvgIpc) is 3.09. The number of nitrogens with two attached hydrogens (primary N) is 1. The summed E-state index contributed by atoms with van der Waals surface area (Å²) in [4.78, 5) is 42.9. The third-order valence-corrected chi connectivity index (χ3v) is 5.81. The second-order valence-corrected chi connectivity index (χ2v) is 7.52. The minimum absolute atomic E-state index is 0.0316. The Morgan fingerprint density at radius 2 is 1.86 bits per heavy atom. The number of hydrogen-bond donors (Lipinski definition) is 3. The van der Waals surface area contributed by atoms with Gasteiger partial charge in [-0.25, -0.2) is 4.79 Å². The zero-order chi connectivity index (χ0) is 19.7. The highest BCUT2D eigenvalue weighted by Gasteiger charge is 2.27. The van der Waals surface area contributed by atoms with Gasteiger partial charge in [-0.15, -0.1) is 0 Å². The second-order valence-electron chi connectivity index (χ2n) is 7.52. The maximum Gasteiger partial charge on any atom is 0.318 e. The molecule has 2 aromatic rings. The van der Waals surface area contributed by atoms with E-state index >= 15 is 0 Å². The van der Waals surface area contributed by atoms with Crippen LogP contribution < -0.4 is 11.1 Å². The van der Waals surface area contributed by atoms with Crippen molar-refractivity contribution in [1.82, 2.24) is 20.1 Å². The summed E-state index contributed by atoms with van der Waals surface area (Å²) < 4.78 is 0. The van der Waals surface area contributed by atoms with Gasteiger partial charge in [0.15, 0.2) is 0 Å². The Bertz CT molecular complexity index is 914. The van der Waals surface area contributed by atoms with Gasteiger partial charge in [-0.1, -0.05) is 18.2 Å². The van der Waals surface area contributed by atoms with Crippen molar-refractivity contribution < 1.29 is 14.4 Å². The Labute approximate surface area is 163 Å². The fraction of sp³-hybridized carbons (Fsp3) is 0.450. The number of primary amides is 1. The molecular formula is C20H25N5O3. The van der Waals surface area contributed by atoms with Gasteiger partial charge >= 0.3 is 6.03 Å². The van der Waals surface area contributed by atoms with Crippen molar-refractivity contribution in [1.29, 1.82) is 0 Å². The Kier molecular flexibility index (Phi) is 4.93. The average molecular weight is 383 g/mol. The van der Waals surface area contributed by atoms with Crippen LogP contribution in [-0.2, 0) is 22.6 Å². The molecule has 2 aliphatic rings. The first-order valence-electron chi connectivity index (χ1n) is 9.71. The molecule has 3 heterocycles. The summed E-state index contributed by atoms with van der Waals surface area (Å²) in [6.07, 6.45) is 1.97. The van der Waals surface area contributed by atoms with Gasteiger partial charge < -0.3 is 25.8 Å². The summed E-state index contributed by atoms with van der Waals surface area (Å²) in [7, 11) is 0. The largest absolute Gasteiger partial charge is 0.369 e. The molecule has 4 rings (SSSR count). The molecular weight excluding hydrogens is 358 g/mol. The normalized spacial score (nSPS) is 17.4. The van der Waals surface area contributed by atoms with E-state index in [2.05, 4.69) is 16.4 Å². The summed E-state index contributed by atoms with van der Waals surface area (Å²) in [5.41, 5.74) is 8.74. The minimum atomic E-state index is -0.304. The number of rotatable bonds is 3. The first kappa shape index (κ1) is 18.3. The number of aromatic nitrogens is 1. The molecule has 0 spiro atoms. The Balaban J connectivity index is 1.30. The van der Waals surface area contributed by atoms with Crippen molar-refractivity contribution in [3.8, 4) is 0 Å². The molecule has 0 bridgehead atoms. The van der Waals surface area contributed by atoms with Crippen LogP contribution in [-0.4, -0.2) is 58.8 Å². The molecule has 0 unspecified atom stereocenters. The number of urea groups is 1. The fourth-order valence-electron chi connectivity index (χ4n) is 4.15. The number of fused-ring (bicyclic) bond motifs is 3. The molecule has 1 fully saturated rings. The van der Waals surface area contributed by atoms with Crippen molar-refractivity contribution in [2.24, 2.45) is 11.7 Å². The highest BCUT2D eigenvalue weighted by Crippen LogP contribution is 2.27. The van der Waals surface area contributed by atoms with Gasteiger partial charge in [0.1, 0.15) is 0 Å². The summed E-state index contributed by atoms with van der Waals surface area (Å²) >= 11 is 0. The number of likely N-dealkylation sites (tertiary alicyclic amines) is 1. The molecule has 28 heavy (non-hydrogen) atoms. The summed E-state index contributed by atoms with van der Waals surface area (Å²) in [6, 6.07) is 7.92. The molecule has 2 aliphatic heterocycles. The number of para-hydroxylation sites is 1. The third kappa shape index (κ3) is 3.54. The maximum atomic E-state index is 12.5. The van der Waals surface area contributed by atoms with E-state index in [4.69, 9.17) is 5.73 Å². The third-order valence-electron chi connectivity index (χ3n) is 5.81. The van der Waals surface area contributed by atoms with Gasteiger partial charge in [-0.2, -0.15) is 0 Å². The Morgan fingerprint density at radius 1 is 1.11 bits per heavy atom. The first-order chi connectivity index (χ1) is 13.5. The summed E-state index contributed by atoms with van der Waals surface area (Å²) in [5, 5.41) is 3.95. The standard InChI is InChI=1S/C20H25N5O3/c21-19(27)13-5-8-24(9-6-13)18(26)11-22-20(28)25-10-7-15-14-3-1-2-4-16(14)23-17(15)12-25/h1-4,13,23H,5-12H2,(H2,21,27)(H,22,28). The van der Waals surface area contributed by atoms with E-state index in [0.29, 0.717) is 39.0 Å². The molecule has 1 saturated heterocycles. The monoisotopic (exact) mass is 383 g/mol. The van der Waals surface area contributed by atoms with Gasteiger partial charge in [0.25, 0.3) is 0 Å². The number of carbonyl (C=O) groups is 3. The Hall–Kier alpha value is -3.03. The van der Waals surface area contributed by atoms with E-state index in [0.717, 1.165) is 17.6 Å². The lowest BCUT2D eigenvalue weighted by atomic mass is 9.96. The smallest absolute Gasteiger partial charge is 0.318 e. The van der Waals surface area contributed by atoms with Crippen molar-refractivity contribution in [3.63, 3.8) is 0 Å². The molecule has 1 aromatic carbocycles. The van der Waals surface area contributed by atoms with Gasteiger partial charge in [0.2, 0.25) is 11.8 Å². The highest BCUT2D eigenvalue weighted by molar-refractivity contribution is 5.87. The van der Waals surface area contributed by atoms with Crippen LogP contribution in [0.4, 0.5) is 4.79 Å². The zero-order valence-corrected chi connectivity index (χ0v) is 15.7. The van der Waals surface area contributed by atoms with E-state index in [-0.39, 0.29) is 30.3 Å². The first-order valence-corrected chi connectivity index (χ1v) is 9.71. The number of hydrogen-bond acceptors (Lipinski definition) is 3. The minimum Gasteiger partial charge on any atom is -0.369 e. The van der Waals surface area contributed by atoms with E-state index in [1.54, 1.807) is 9.80 Å². The van der Waals surface area contributed by atoms with Gasteiger partial charge in [-0.3, -0.25) is 9.59 Å². The lowest BCUT2D eigenvalue weighted by molar-refractivity contribution is -0.133. The van der Waals surface area contributed by atoms with E-state index in [1.165, 1.54) is 10.9 Å². The molecule has 1 aromatic heterocycles. The lowest BCUT2D eigenvalue weighted by Crippen LogP contribution is -2.49. The van der Waals surface area contributed by atoms with Crippen LogP contribution in [0, 0.1) is 5.92 Å². The van der Waals surface area contributed by atoms with Crippen molar-refractivity contribution in [2.45, 2.75) is 25.8 Å². The molecule has 0 atom stereocenters. The maximum absolute atomic E-state index is 12.5. The number of H-pyrrole nitrogens is 1. The number of amides is 4. The molecule has 8 heteroatoms. The van der Waals surface area contributed by atoms with Gasteiger partial charge in [0, 0.05) is 42.1 Å². The van der Waals surface area contributed by atoms with Crippen molar-refractivity contribution >= 4 is 28.7 Å². The highest BCUT2D eigenvalue weighted by atomic mass is 16.2. The topological polar surface area (TPSA) is 112 Å². The van der Waals surface area contributed by atoms with Crippen LogP contribution in [0.25, 0.3) is 10.9 Å². The predicted molar refractivity (Wildman–Crippen MR) is 104 cm³/mol. The molecule has 148 valence electrons. The van der Waals surface area contributed by atoms with Crippen LogP contribution >= 0.6 is 0 Å². The SMILES string of the molecule is NC(=O)C1CCN(C(=O)CNC(=O)N2CCc3c([nH]c4ccccc34)C2)CC1. The molecule has 0 radical (unpaired) electrons. The number of nitrogens with zero attached hydrogens (tertiary/aromatic N) is 2. The number of carbonyl (C=O) groups excluding carboxylic acids is 3. The summed E-state index contributed by atoms with van der Waals surface area (Å²) in [5.74, 6) is -0.584. The van der Waals surface area contributed by atoms with Crippen molar-refractivity contribution in [3.05, 3.63) is 35.5 Å². The number of nitrogens with one attached hydrogen (secondary N) is 2. The second kappa shape index (κ2) is 7.53. The van der Waals surface area contributed by atoms with Gasteiger partial charge in [-0.05, 0) is 30.9 Å². The Morgan fingerprint density at radius 3 is 2.61 bits per heavy atom. The lowest BCUT2D eigenvalue weighted by Gasteiger charge is -2.31. The molecule has 4 amide bonds. The van der Waals surface area contributed by atoms with Crippen LogP contribution in [0.1, 0.15) is 24.1 Å². The van der Waals surface area contributed by atoms with Crippen LogP contribution in [0.15, 0.2) is 24.3 Å². The molecule has 0 aliphatic carbocycles. The van der Waals surface area contributed by atoms with Gasteiger partial charge in [0.05, 0.1) is 13.1 Å². The van der Waals surface area contributed by atoms with E-state index in [9.17, 15) is 14.4 Å². The van der Waals surface area contributed by atoms with E-state index in [1.807, 2.05) is 18.2 Å². The number of piperidine rings is 1. The van der Waals surface area contributed by atoms with E-state index < -0.39 is 0 Å². The fourth-order valence-corrected chi connectivity index (χ4v) is 4.15. The van der Waals surface area contributed by atoms with Crippen LogP contribution in [0.2, 0.25) is 0 Å². The zero-order valence-electron chi connectivity index (χ0n) is 15.7. The summed E-state index contributed by atoms with van der Waals surface area (Å²) in [6.45, 7) is 2.11. The molecule has 8 nitrogen and oxygen atoms in total.